The maximum Gasteiger partial charge on any atom is 0.323 e. The number of amides is 2. The molecule has 0 saturated heterocycles. The molecule has 0 saturated carbocycles. The molecule has 126 valence electrons. The predicted octanol–water partition coefficient (Wildman–Crippen LogP) is 2.29. The van der Waals surface area contributed by atoms with Crippen LogP contribution in [0.4, 0.5) is 10.5 Å². The first-order valence-corrected chi connectivity index (χ1v) is 10.1. The summed E-state index contributed by atoms with van der Waals surface area (Å²) in [6.45, 7) is 1.93. The highest BCUT2D eigenvalue weighted by molar-refractivity contribution is 8.16. The highest BCUT2D eigenvalue weighted by Crippen LogP contribution is 2.31. The molecule has 2 rings (SSSR count). The number of rotatable bonds is 5. The van der Waals surface area contributed by atoms with Crippen molar-refractivity contribution >= 4 is 62.2 Å². The van der Waals surface area contributed by atoms with E-state index in [4.69, 9.17) is 11.6 Å². The van der Waals surface area contributed by atoms with Crippen LogP contribution < -0.4 is 10.6 Å². The summed E-state index contributed by atoms with van der Waals surface area (Å²) in [4.78, 5) is 24.1. The van der Waals surface area contributed by atoms with E-state index >= 15 is 0 Å². The van der Waals surface area contributed by atoms with Crippen LogP contribution in [0.15, 0.2) is 22.6 Å². The molecular weight excluding hydrogens is 382 g/mol. The van der Waals surface area contributed by atoms with E-state index in [-0.39, 0.29) is 12.2 Å². The molecule has 1 aromatic rings. The van der Waals surface area contributed by atoms with Crippen LogP contribution in [0.1, 0.15) is 6.92 Å². The van der Waals surface area contributed by atoms with Crippen molar-refractivity contribution in [3.05, 3.63) is 26.9 Å². The maximum absolute atomic E-state index is 12.2. The molecule has 0 spiro atoms. The number of ketones is 1. The van der Waals surface area contributed by atoms with Crippen molar-refractivity contribution in [3.8, 4) is 0 Å². The molecule has 0 aromatic carbocycles. The molecule has 0 aliphatic carbocycles. The van der Waals surface area contributed by atoms with Gasteiger partial charge in [0.1, 0.15) is 4.34 Å². The van der Waals surface area contributed by atoms with Gasteiger partial charge >= 0.3 is 6.03 Å². The Balaban J connectivity index is 2.02. The van der Waals surface area contributed by atoms with E-state index in [0.717, 1.165) is 16.1 Å². The summed E-state index contributed by atoms with van der Waals surface area (Å²) in [6, 6.07) is 0.961. The number of nitrogens with zero attached hydrogens (tertiary/aromatic N) is 1. The fourth-order valence-corrected chi connectivity index (χ4v) is 5.45. The van der Waals surface area contributed by atoms with Crippen LogP contribution in [0, 0.1) is 0 Å². The molecule has 0 fully saturated rings. The topological polar surface area (TPSA) is 95.6 Å². The minimum atomic E-state index is -3.76. The molecular formula is C12H14ClN3O4S3. The summed E-state index contributed by atoms with van der Waals surface area (Å²) in [5.41, 5.74) is 0.361. The van der Waals surface area contributed by atoms with Crippen LogP contribution in [0.2, 0.25) is 4.34 Å². The number of anilines is 1. The molecule has 2 N–H and O–H groups in total. The third-order valence-electron chi connectivity index (χ3n) is 3.05. The van der Waals surface area contributed by atoms with Crippen molar-refractivity contribution in [2.45, 2.75) is 11.5 Å². The molecule has 0 radical (unpaired) electrons. The van der Waals surface area contributed by atoms with Gasteiger partial charge in [-0.15, -0.1) is 23.1 Å². The van der Waals surface area contributed by atoms with E-state index < -0.39 is 26.4 Å². The molecule has 1 unspecified atom stereocenters. The lowest BCUT2D eigenvalue weighted by atomic mass is 10.3. The van der Waals surface area contributed by atoms with Crippen molar-refractivity contribution in [1.29, 1.82) is 0 Å². The number of hydrogen-bond donors (Lipinski definition) is 2. The van der Waals surface area contributed by atoms with Gasteiger partial charge < -0.3 is 10.6 Å². The molecule has 1 aromatic heterocycles. The minimum Gasteiger partial charge on any atom is -0.305 e. The molecule has 1 aliphatic heterocycles. The molecule has 2 heterocycles. The third-order valence-corrected chi connectivity index (χ3v) is 8.00. The largest absolute Gasteiger partial charge is 0.323 e. The number of sulfonamides is 1. The molecule has 11 heteroatoms. The smallest absolute Gasteiger partial charge is 0.305 e. The normalized spacial score (nSPS) is 18.2. The number of halogens is 1. The van der Waals surface area contributed by atoms with Gasteiger partial charge in [-0.05, 0) is 11.4 Å². The fourth-order valence-electron chi connectivity index (χ4n) is 1.67. The Morgan fingerprint density at radius 2 is 2.13 bits per heavy atom. The number of thioether (sulfide) groups is 1. The number of nitrogens with one attached hydrogen (secondary N) is 2. The number of carbonyl (C=O) groups is 2. The average molecular weight is 396 g/mol. The summed E-state index contributed by atoms with van der Waals surface area (Å²) in [7, 11) is -2.36. The zero-order valence-electron chi connectivity index (χ0n) is 12.2. The van der Waals surface area contributed by atoms with Crippen molar-refractivity contribution in [1.82, 2.24) is 9.62 Å². The van der Waals surface area contributed by atoms with Gasteiger partial charge in [-0.1, -0.05) is 18.5 Å². The Hall–Kier alpha value is -1.07. The van der Waals surface area contributed by atoms with Crippen molar-refractivity contribution in [3.63, 3.8) is 0 Å². The van der Waals surface area contributed by atoms with E-state index in [2.05, 4.69) is 10.6 Å². The second-order valence-electron chi connectivity index (χ2n) is 4.51. The lowest BCUT2D eigenvalue weighted by Gasteiger charge is -2.18. The quantitative estimate of drug-likeness (QED) is 0.797. The number of thiophene rings is 1. The molecule has 2 amide bonds. The summed E-state index contributed by atoms with van der Waals surface area (Å²) < 4.78 is 24.7. The standard InChI is InChI=1S/C12H14ClN3O4S3/c1-3-16(2)23(19,20)11-9(17)8(6-22-11)15-12(18)14-7-4-5-21-10(7)13/h4-6,11H,3H2,1-2H3,(H2,14,15,18). The van der Waals surface area contributed by atoms with Crippen molar-refractivity contribution in [2.24, 2.45) is 0 Å². The lowest BCUT2D eigenvalue weighted by molar-refractivity contribution is -0.114. The Bertz CT molecular complexity index is 759. The zero-order valence-corrected chi connectivity index (χ0v) is 15.4. The monoisotopic (exact) mass is 395 g/mol. The highest BCUT2D eigenvalue weighted by atomic mass is 35.5. The number of hydrogen-bond acceptors (Lipinski definition) is 6. The summed E-state index contributed by atoms with van der Waals surface area (Å²) in [5.74, 6) is -0.651. The Morgan fingerprint density at radius 1 is 1.43 bits per heavy atom. The third kappa shape index (κ3) is 3.89. The van der Waals surface area contributed by atoms with Gasteiger partial charge in [0.25, 0.3) is 0 Å². The first-order chi connectivity index (χ1) is 10.8. The van der Waals surface area contributed by atoms with Gasteiger partial charge in [0.2, 0.25) is 15.8 Å². The first-order valence-electron chi connectivity index (χ1n) is 6.43. The zero-order chi connectivity index (χ0) is 17.2. The Kier molecular flexibility index (Phi) is 5.74. The molecule has 7 nitrogen and oxygen atoms in total. The van der Waals surface area contributed by atoms with Crippen molar-refractivity contribution in [2.75, 3.05) is 18.9 Å². The van der Waals surface area contributed by atoms with Crippen molar-refractivity contribution < 1.29 is 18.0 Å². The van der Waals surface area contributed by atoms with Crippen LogP contribution in [-0.4, -0.2) is 42.7 Å². The van der Waals surface area contributed by atoms with Crippen LogP contribution in [0.5, 0.6) is 0 Å². The highest BCUT2D eigenvalue weighted by Gasteiger charge is 2.41. The van der Waals surface area contributed by atoms with Gasteiger partial charge in [-0.2, -0.15) is 0 Å². The summed E-state index contributed by atoms with van der Waals surface area (Å²) >= 11 is 7.97. The first kappa shape index (κ1) is 18.3. The second kappa shape index (κ2) is 7.22. The second-order valence-corrected chi connectivity index (χ2v) is 9.43. The number of allylic oxidation sites excluding steroid dienone is 1. The van der Waals surface area contributed by atoms with Gasteiger partial charge in [0.15, 0.2) is 4.58 Å². The number of urea groups is 1. The number of carbonyl (C=O) groups excluding carboxylic acids is 2. The maximum atomic E-state index is 12.2. The summed E-state index contributed by atoms with van der Waals surface area (Å²) in [6.07, 6.45) is 0. The van der Waals surface area contributed by atoms with Gasteiger partial charge in [0, 0.05) is 19.0 Å². The molecule has 1 atom stereocenters. The van der Waals surface area contributed by atoms with E-state index in [9.17, 15) is 18.0 Å². The van der Waals surface area contributed by atoms with E-state index in [1.807, 2.05) is 0 Å². The minimum absolute atomic E-state index is 0.0584. The molecule has 23 heavy (non-hydrogen) atoms. The van der Waals surface area contributed by atoms with Gasteiger partial charge in [-0.3, -0.25) is 4.79 Å². The fraction of sp³-hybridized carbons (Fsp3) is 0.333. The van der Waals surface area contributed by atoms with Crippen LogP contribution in [0.25, 0.3) is 0 Å². The predicted molar refractivity (Wildman–Crippen MR) is 93.2 cm³/mol. The van der Waals surface area contributed by atoms with Crippen LogP contribution in [0.3, 0.4) is 0 Å². The van der Waals surface area contributed by atoms with E-state index in [0.29, 0.717) is 10.0 Å². The van der Waals surface area contributed by atoms with E-state index in [1.54, 1.807) is 18.4 Å². The van der Waals surface area contributed by atoms with Crippen LogP contribution >= 0.6 is 34.7 Å². The van der Waals surface area contributed by atoms with Gasteiger partial charge in [0.05, 0.1) is 11.4 Å². The van der Waals surface area contributed by atoms with Crippen LogP contribution in [-0.2, 0) is 14.8 Å². The Labute approximate surface area is 147 Å². The van der Waals surface area contributed by atoms with E-state index in [1.165, 1.54) is 23.8 Å². The van der Waals surface area contributed by atoms with Gasteiger partial charge in [-0.25, -0.2) is 17.5 Å². The molecule has 1 aliphatic rings. The lowest BCUT2D eigenvalue weighted by Crippen LogP contribution is -2.40. The molecule has 0 bridgehead atoms. The number of Topliss-reactive ketones (excluding diaryl/α,β-unsaturated/α-hetero) is 1. The average Bonchev–Trinajstić information content (AvgIpc) is 3.05. The SMILES string of the molecule is CCN(C)S(=O)(=O)C1SC=C(NC(=O)Nc2ccsc2Cl)C1=O. The Morgan fingerprint density at radius 3 is 2.70 bits per heavy atom. The summed E-state index contributed by atoms with van der Waals surface area (Å²) in [5, 5.41) is 7.89.